The normalized spacial score (nSPS) is 26.6. The van der Waals surface area contributed by atoms with Crippen molar-refractivity contribution in [3.05, 3.63) is 11.6 Å². The van der Waals surface area contributed by atoms with Crippen LogP contribution in [0.4, 0.5) is 0 Å². The van der Waals surface area contributed by atoms with Gasteiger partial charge >= 0.3 is 11.9 Å². The molecule has 132 valence electrons. The molecule has 0 aromatic carbocycles. The molecule has 1 aliphatic heterocycles. The molecule has 0 saturated carbocycles. The van der Waals surface area contributed by atoms with Crippen LogP contribution in [0.5, 0.6) is 0 Å². The summed E-state index contributed by atoms with van der Waals surface area (Å²) in [5, 5.41) is 0. The quantitative estimate of drug-likeness (QED) is 0.407. The molecule has 1 aliphatic rings. The first-order chi connectivity index (χ1) is 10.9. The molecule has 2 unspecified atom stereocenters. The van der Waals surface area contributed by atoms with Crippen LogP contribution in [0.1, 0.15) is 66.2 Å². The summed E-state index contributed by atoms with van der Waals surface area (Å²) in [5.74, 6) is -0.636. The molecule has 0 radical (unpaired) electrons. The number of unbranched alkanes of at least 4 members (excludes halogenated alkanes) is 2. The second-order valence-electron chi connectivity index (χ2n) is 6.25. The minimum Gasteiger partial charge on any atom is -0.463 e. The summed E-state index contributed by atoms with van der Waals surface area (Å²) in [7, 11) is 0. The Morgan fingerprint density at radius 1 is 1.35 bits per heavy atom. The molecule has 2 atom stereocenters. The Hall–Kier alpha value is -1.36. The molecule has 0 bridgehead atoms. The topological polar surface area (TPSA) is 61.8 Å². The second kappa shape index (κ2) is 9.71. The van der Waals surface area contributed by atoms with Gasteiger partial charge in [0.25, 0.3) is 0 Å². The molecule has 0 aromatic heterocycles. The van der Waals surface area contributed by atoms with Crippen molar-refractivity contribution >= 4 is 11.9 Å². The SMILES string of the molecule is CCCCCC1(C)OC/C(=C/C(=O)OCC)CCC1OC(C)=O. The zero-order chi connectivity index (χ0) is 17.3. The first-order valence-electron chi connectivity index (χ1n) is 8.58. The molecule has 0 spiro atoms. The fourth-order valence-electron chi connectivity index (χ4n) is 2.85. The molecule has 0 amide bonds. The van der Waals surface area contributed by atoms with Crippen LogP contribution < -0.4 is 0 Å². The van der Waals surface area contributed by atoms with Gasteiger partial charge in [0.05, 0.1) is 13.2 Å². The first-order valence-corrected chi connectivity index (χ1v) is 8.58. The number of hydrogen-bond donors (Lipinski definition) is 0. The molecule has 23 heavy (non-hydrogen) atoms. The van der Waals surface area contributed by atoms with Crippen LogP contribution in [-0.4, -0.2) is 36.9 Å². The molecule has 1 rings (SSSR count). The van der Waals surface area contributed by atoms with Gasteiger partial charge in [0.2, 0.25) is 0 Å². The van der Waals surface area contributed by atoms with Crippen molar-refractivity contribution in [2.45, 2.75) is 77.9 Å². The highest BCUT2D eigenvalue weighted by Crippen LogP contribution is 2.33. The van der Waals surface area contributed by atoms with Crippen molar-refractivity contribution in [3.63, 3.8) is 0 Å². The van der Waals surface area contributed by atoms with E-state index in [2.05, 4.69) is 6.92 Å². The van der Waals surface area contributed by atoms with Gasteiger partial charge in [-0.15, -0.1) is 0 Å². The van der Waals surface area contributed by atoms with Crippen LogP contribution in [0.25, 0.3) is 0 Å². The van der Waals surface area contributed by atoms with Crippen LogP contribution in [-0.2, 0) is 23.8 Å². The molecule has 0 N–H and O–H groups in total. The zero-order valence-corrected chi connectivity index (χ0v) is 14.9. The number of carbonyl (C=O) groups excluding carboxylic acids is 2. The van der Waals surface area contributed by atoms with Crippen molar-refractivity contribution in [2.24, 2.45) is 0 Å². The molecule has 1 heterocycles. The van der Waals surface area contributed by atoms with E-state index in [1.165, 1.54) is 13.0 Å². The van der Waals surface area contributed by atoms with Gasteiger partial charge in [0, 0.05) is 13.0 Å². The van der Waals surface area contributed by atoms with E-state index in [4.69, 9.17) is 14.2 Å². The average molecular weight is 326 g/mol. The van der Waals surface area contributed by atoms with E-state index in [0.29, 0.717) is 26.1 Å². The van der Waals surface area contributed by atoms with Crippen LogP contribution in [0.2, 0.25) is 0 Å². The second-order valence-corrected chi connectivity index (χ2v) is 6.25. The van der Waals surface area contributed by atoms with Gasteiger partial charge < -0.3 is 14.2 Å². The Labute approximate surface area is 139 Å². The smallest absolute Gasteiger partial charge is 0.330 e. The summed E-state index contributed by atoms with van der Waals surface area (Å²) >= 11 is 0. The minimum absolute atomic E-state index is 0.287. The lowest BCUT2D eigenvalue weighted by Crippen LogP contribution is -2.43. The Balaban J connectivity index is 2.82. The minimum atomic E-state index is -0.509. The summed E-state index contributed by atoms with van der Waals surface area (Å²) < 4.78 is 16.6. The molecule has 5 heteroatoms. The van der Waals surface area contributed by atoms with E-state index in [9.17, 15) is 9.59 Å². The van der Waals surface area contributed by atoms with Crippen molar-refractivity contribution in [1.82, 2.24) is 0 Å². The summed E-state index contributed by atoms with van der Waals surface area (Å²) in [6.07, 6.45) is 6.66. The third-order valence-corrected chi connectivity index (χ3v) is 4.19. The highest BCUT2D eigenvalue weighted by Gasteiger charge is 2.39. The third-order valence-electron chi connectivity index (χ3n) is 4.19. The lowest BCUT2D eigenvalue weighted by Gasteiger charge is -2.35. The molecule has 5 nitrogen and oxygen atoms in total. The molecule has 0 aliphatic carbocycles. The van der Waals surface area contributed by atoms with Gasteiger partial charge in [-0.05, 0) is 38.7 Å². The number of rotatable bonds is 7. The van der Waals surface area contributed by atoms with Crippen LogP contribution in [0.15, 0.2) is 11.6 Å². The summed E-state index contributed by atoms with van der Waals surface area (Å²) in [4.78, 5) is 23.0. The van der Waals surface area contributed by atoms with E-state index in [1.54, 1.807) is 6.92 Å². The molecule has 1 saturated heterocycles. The zero-order valence-electron chi connectivity index (χ0n) is 14.9. The molecular formula is C18H30O5. The Morgan fingerprint density at radius 3 is 2.70 bits per heavy atom. The largest absolute Gasteiger partial charge is 0.463 e. The van der Waals surface area contributed by atoms with Crippen LogP contribution >= 0.6 is 0 Å². The van der Waals surface area contributed by atoms with E-state index in [0.717, 1.165) is 31.3 Å². The third kappa shape index (κ3) is 6.73. The van der Waals surface area contributed by atoms with Gasteiger partial charge in [0.1, 0.15) is 11.7 Å². The summed E-state index contributed by atoms with van der Waals surface area (Å²) in [6.45, 7) is 8.09. The van der Waals surface area contributed by atoms with Crippen molar-refractivity contribution in [3.8, 4) is 0 Å². The lowest BCUT2D eigenvalue weighted by molar-refractivity contribution is -0.167. The van der Waals surface area contributed by atoms with Gasteiger partial charge in [-0.25, -0.2) is 4.79 Å². The predicted molar refractivity (Wildman–Crippen MR) is 88.0 cm³/mol. The molecule has 0 aromatic rings. The van der Waals surface area contributed by atoms with E-state index < -0.39 is 5.60 Å². The Kier molecular flexibility index (Phi) is 8.31. The van der Waals surface area contributed by atoms with Crippen molar-refractivity contribution in [1.29, 1.82) is 0 Å². The van der Waals surface area contributed by atoms with Crippen molar-refractivity contribution in [2.75, 3.05) is 13.2 Å². The van der Waals surface area contributed by atoms with Crippen LogP contribution in [0.3, 0.4) is 0 Å². The van der Waals surface area contributed by atoms with E-state index in [1.807, 2.05) is 6.92 Å². The standard InChI is InChI=1S/C18H30O5/c1-5-7-8-11-18(4)16(23-14(3)19)10-9-15(13-22-18)12-17(20)21-6-2/h12,16H,5-11,13H2,1-4H3/b15-12+. The average Bonchev–Trinajstić information content (AvgIpc) is 2.61. The van der Waals surface area contributed by atoms with E-state index >= 15 is 0 Å². The fourth-order valence-corrected chi connectivity index (χ4v) is 2.85. The maximum Gasteiger partial charge on any atom is 0.330 e. The van der Waals surface area contributed by atoms with Crippen molar-refractivity contribution < 1.29 is 23.8 Å². The van der Waals surface area contributed by atoms with Gasteiger partial charge in [0.15, 0.2) is 0 Å². The van der Waals surface area contributed by atoms with Gasteiger partial charge in [-0.1, -0.05) is 26.2 Å². The lowest BCUT2D eigenvalue weighted by atomic mass is 9.89. The van der Waals surface area contributed by atoms with E-state index in [-0.39, 0.29) is 18.0 Å². The number of ether oxygens (including phenoxy) is 3. The summed E-state index contributed by atoms with van der Waals surface area (Å²) in [5.41, 5.74) is 0.380. The molecular weight excluding hydrogens is 296 g/mol. The maximum atomic E-state index is 11.6. The monoisotopic (exact) mass is 326 g/mol. The first kappa shape index (κ1) is 19.7. The number of carbonyl (C=O) groups is 2. The fraction of sp³-hybridized carbons (Fsp3) is 0.778. The highest BCUT2D eigenvalue weighted by atomic mass is 16.6. The number of hydrogen-bond acceptors (Lipinski definition) is 5. The van der Waals surface area contributed by atoms with Gasteiger partial charge in [-0.3, -0.25) is 4.79 Å². The van der Waals surface area contributed by atoms with Gasteiger partial charge in [-0.2, -0.15) is 0 Å². The summed E-state index contributed by atoms with van der Waals surface area (Å²) in [6, 6.07) is 0. The Bertz CT molecular complexity index is 429. The molecule has 1 fully saturated rings. The van der Waals surface area contributed by atoms with Crippen LogP contribution in [0, 0.1) is 0 Å². The number of esters is 2. The maximum absolute atomic E-state index is 11.6. The predicted octanol–water partition coefficient (Wildman–Crippen LogP) is 3.56. The highest BCUT2D eigenvalue weighted by molar-refractivity contribution is 5.82. The Morgan fingerprint density at radius 2 is 2.09 bits per heavy atom.